The molecule has 7 heteroatoms. The van der Waals surface area contributed by atoms with Crippen molar-refractivity contribution in [2.45, 2.75) is 44.1 Å². The van der Waals surface area contributed by atoms with Crippen molar-refractivity contribution in [1.82, 2.24) is 15.1 Å². The van der Waals surface area contributed by atoms with Crippen molar-refractivity contribution in [3.63, 3.8) is 0 Å². The lowest BCUT2D eigenvalue weighted by Gasteiger charge is -2.30. The third-order valence-electron chi connectivity index (χ3n) is 2.34. The molecule has 1 aromatic heterocycles. The van der Waals surface area contributed by atoms with Gasteiger partial charge in [-0.1, -0.05) is 23.1 Å². The van der Waals surface area contributed by atoms with Crippen molar-refractivity contribution in [1.29, 1.82) is 0 Å². The summed E-state index contributed by atoms with van der Waals surface area (Å²) in [5.74, 6) is 0.556. The predicted molar refractivity (Wildman–Crippen MR) is 77.3 cm³/mol. The van der Waals surface area contributed by atoms with E-state index in [-0.39, 0.29) is 18.0 Å². The molecule has 0 atom stereocenters. The summed E-state index contributed by atoms with van der Waals surface area (Å²) < 4.78 is 0.820. The number of carbonyl (C=O) groups is 1. The number of hydrogen-bond donors (Lipinski definition) is 1. The van der Waals surface area contributed by atoms with Crippen LogP contribution in [-0.2, 0) is 4.79 Å². The van der Waals surface area contributed by atoms with E-state index in [1.54, 1.807) is 7.05 Å². The molecule has 0 aliphatic carbocycles. The zero-order chi connectivity index (χ0) is 13.7. The van der Waals surface area contributed by atoms with Crippen LogP contribution in [0.3, 0.4) is 0 Å². The zero-order valence-electron chi connectivity index (χ0n) is 11.4. The van der Waals surface area contributed by atoms with Crippen LogP contribution in [0.2, 0.25) is 0 Å². The predicted octanol–water partition coefficient (Wildman–Crippen LogP) is 2.32. The molecule has 0 aliphatic heterocycles. The number of hydrogen-bond acceptors (Lipinski definition) is 6. The van der Waals surface area contributed by atoms with Crippen LogP contribution in [0.25, 0.3) is 0 Å². The molecular weight excluding hydrogens is 268 g/mol. The van der Waals surface area contributed by atoms with E-state index in [2.05, 4.69) is 15.5 Å². The standard InChI is InChI=1S/C11H20N4OS2/c1-7(2)15(8(3)4)9(16)6-17-11-14-13-10(12-5)18-11/h7-8H,6H2,1-5H3,(H,12,13). The molecule has 102 valence electrons. The highest BCUT2D eigenvalue weighted by atomic mass is 32.2. The molecule has 18 heavy (non-hydrogen) atoms. The summed E-state index contributed by atoms with van der Waals surface area (Å²) in [6.07, 6.45) is 0. The molecule has 0 saturated heterocycles. The Kier molecular flexibility index (Phi) is 5.87. The minimum absolute atomic E-state index is 0.145. The van der Waals surface area contributed by atoms with E-state index in [0.29, 0.717) is 5.75 Å². The summed E-state index contributed by atoms with van der Waals surface area (Å²) >= 11 is 2.90. The van der Waals surface area contributed by atoms with Crippen molar-refractivity contribution in [2.75, 3.05) is 18.1 Å². The largest absolute Gasteiger partial charge is 0.363 e. The molecule has 0 radical (unpaired) electrons. The minimum Gasteiger partial charge on any atom is -0.363 e. The van der Waals surface area contributed by atoms with Crippen molar-refractivity contribution in [3.05, 3.63) is 0 Å². The van der Waals surface area contributed by atoms with Gasteiger partial charge in [-0.05, 0) is 27.7 Å². The third-order valence-corrected chi connectivity index (χ3v) is 4.40. The van der Waals surface area contributed by atoms with Gasteiger partial charge in [-0.15, -0.1) is 10.2 Å². The Bertz CT molecular complexity index is 384. The molecular formula is C11H20N4OS2. The number of amides is 1. The highest BCUT2D eigenvalue weighted by Crippen LogP contribution is 2.25. The Morgan fingerprint density at radius 2 is 1.94 bits per heavy atom. The first-order valence-corrected chi connectivity index (χ1v) is 7.71. The van der Waals surface area contributed by atoms with Gasteiger partial charge in [0.1, 0.15) is 0 Å². The number of thioether (sulfide) groups is 1. The second-order valence-corrected chi connectivity index (χ2v) is 6.60. The summed E-state index contributed by atoms with van der Waals surface area (Å²) in [6.45, 7) is 8.14. The fraction of sp³-hybridized carbons (Fsp3) is 0.727. The van der Waals surface area contributed by atoms with Crippen LogP contribution < -0.4 is 5.32 Å². The van der Waals surface area contributed by atoms with E-state index in [0.717, 1.165) is 9.47 Å². The van der Waals surface area contributed by atoms with Gasteiger partial charge in [0.05, 0.1) is 5.75 Å². The molecule has 1 heterocycles. The van der Waals surface area contributed by atoms with Crippen molar-refractivity contribution in [3.8, 4) is 0 Å². The molecule has 1 rings (SSSR count). The van der Waals surface area contributed by atoms with E-state index in [1.165, 1.54) is 23.1 Å². The monoisotopic (exact) mass is 288 g/mol. The molecule has 0 spiro atoms. The number of anilines is 1. The molecule has 0 unspecified atom stereocenters. The molecule has 1 aromatic rings. The Labute approximate surface area is 116 Å². The average Bonchev–Trinajstić information content (AvgIpc) is 2.73. The van der Waals surface area contributed by atoms with Crippen LogP contribution in [0.1, 0.15) is 27.7 Å². The smallest absolute Gasteiger partial charge is 0.233 e. The normalized spacial score (nSPS) is 11.1. The number of nitrogens with one attached hydrogen (secondary N) is 1. The van der Waals surface area contributed by atoms with Crippen LogP contribution in [0, 0.1) is 0 Å². The Morgan fingerprint density at radius 1 is 1.33 bits per heavy atom. The summed E-state index contributed by atoms with van der Waals surface area (Å²) in [6, 6.07) is 0.445. The van der Waals surface area contributed by atoms with Crippen LogP contribution in [-0.4, -0.2) is 45.9 Å². The van der Waals surface area contributed by atoms with Crippen LogP contribution in [0.5, 0.6) is 0 Å². The maximum Gasteiger partial charge on any atom is 0.233 e. The fourth-order valence-corrected chi connectivity index (χ4v) is 3.31. The quantitative estimate of drug-likeness (QED) is 0.814. The molecule has 0 aromatic carbocycles. The van der Waals surface area contributed by atoms with E-state index in [4.69, 9.17) is 0 Å². The summed E-state index contributed by atoms with van der Waals surface area (Å²) in [5.41, 5.74) is 0. The second-order valence-electron chi connectivity index (χ2n) is 4.40. The number of aromatic nitrogens is 2. The first-order chi connectivity index (χ1) is 8.45. The minimum atomic E-state index is 0.145. The lowest BCUT2D eigenvalue weighted by molar-refractivity contribution is -0.131. The number of nitrogens with zero attached hydrogens (tertiary/aromatic N) is 3. The Hall–Kier alpha value is -0.820. The summed E-state index contributed by atoms with van der Waals surface area (Å²) in [7, 11) is 1.80. The van der Waals surface area contributed by atoms with Gasteiger partial charge in [0, 0.05) is 19.1 Å². The van der Waals surface area contributed by atoms with E-state index in [1.807, 2.05) is 32.6 Å². The maximum atomic E-state index is 12.1. The molecule has 0 saturated carbocycles. The lowest BCUT2D eigenvalue weighted by Crippen LogP contribution is -2.43. The van der Waals surface area contributed by atoms with Crippen molar-refractivity contribution < 1.29 is 4.79 Å². The van der Waals surface area contributed by atoms with Gasteiger partial charge in [0.15, 0.2) is 4.34 Å². The first-order valence-electron chi connectivity index (χ1n) is 5.91. The zero-order valence-corrected chi connectivity index (χ0v) is 13.1. The second kappa shape index (κ2) is 6.94. The van der Waals surface area contributed by atoms with Crippen molar-refractivity contribution in [2.24, 2.45) is 0 Å². The van der Waals surface area contributed by atoms with Gasteiger partial charge >= 0.3 is 0 Å². The van der Waals surface area contributed by atoms with Gasteiger partial charge < -0.3 is 10.2 Å². The van der Waals surface area contributed by atoms with E-state index in [9.17, 15) is 4.79 Å². The summed E-state index contributed by atoms with van der Waals surface area (Å²) in [4.78, 5) is 14.0. The molecule has 0 fully saturated rings. The van der Waals surface area contributed by atoms with Crippen LogP contribution in [0.15, 0.2) is 4.34 Å². The van der Waals surface area contributed by atoms with Gasteiger partial charge in [0.2, 0.25) is 11.0 Å². The van der Waals surface area contributed by atoms with Gasteiger partial charge in [-0.3, -0.25) is 4.79 Å². The van der Waals surface area contributed by atoms with Gasteiger partial charge in [-0.2, -0.15) is 0 Å². The van der Waals surface area contributed by atoms with Crippen LogP contribution >= 0.6 is 23.1 Å². The maximum absolute atomic E-state index is 12.1. The van der Waals surface area contributed by atoms with E-state index < -0.39 is 0 Å². The Balaban J connectivity index is 2.54. The molecule has 0 bridgehead atoms. The summed E-state index contributed by atoms with van der Waals surface area (Å²) in [5, 5.41) is 11.6. The van der Waals surface area contributed by atoms with Gasteiger partial charge in [-0.25, -0.2) is 0 Å². The number of carbonyl (C=O) groups excluding carboxylic acids is 1. The third kappa shape index (κ3) is 4.13. The molecule has 1 N–H and O–H groups in total. The SMILES string of the molecule is CNc1nnc(SCC(=O)N(C(C)C)C(C)C)s1. The fourth-order valence-electron chi connectivity index (χ4n) is 1.74. The average molecular weight is 288 g/mol. The Morgan fingerprint density at radius 3 is 2.39 bits per heavy atom. The molecule has 5 nitrogen and oxygen atoms in total. The first kappa shape index (κ1) is 15.2. The highest BCUT2D eigenvalue weighted by Gasteiger charge is 2.20. The highest BCUT2D eigenvalue weighted by molar-refractivity contribution is 8.01. The number of rotatable bonds is 6. The molecule has 1 amide bonds. The van der Waals surface area contributed by atoms with E-state index >= 15 is 0 Å². The topological polar surface area (TPSA) is 58.1 Å². The van der Waals surface area contributed by atoms with Gasteiger partial charge in [0.25, 0.3) is 0 Å². The van der Waals surface area contributed by atoms with Crippen molar-refractivity contribution >= 4 is 34.1 Å². The van der Waals surface area contributed by atoms with Crippen LogP contribution in [0.4, 0.5) is 5.13 Å². The molecule has 0 aliphatic rings. The lowest BCUT2D eigenvalue weighted by atomic mass is 10.2.